The molecule has 0 radical (unpaired) electrons. The maximum atomic E-state index is 12.4. The number of carbonyl (C=O) groups is 2. The van der Waals surface area contributed by atoms with Crippen molar-refractivity contribution in [2.24, 2.45) is 11.0 Å². The van der Waals surface area contributed by atoms with Gasteiger partial charge in [-0.05, 0) is 66.8 Å². The Morgan fingerprint density at radius 1 is 0.903 bits per heavy atom. The van der Waals surface area contributed by atoms with E-state index in [0.29, 0.717) is 22.0 Å². The zero-order valence-electron chi connectivity index (χ0n) is 17.0. The van der Waals surface area contributed by atoms with E-state index in [1.54, 1.807) is 36.4 Å². The van der Waals surface area contributed by atoms with E-state index in [9.17, 15) is 9.59 Å². The third-order valence-corrected chi connectivity index (χ3v) is 5.61. The van der Waals surface area contributed by atoms with Crippen LogP contribution in [-0.2, 0) is 4.79 Å². The summed E-state index contributed by atoms with van der Waals surface area (Å²) in [5.74, 6) is -0.0100. The molecule has 4 rings (SSSR count). The highest BCUT2D eigenvalue weighted by Gasteiger charge is 2.43. The molecule has 0 aromatic heterocycles. The number of hydrazone groups is 1. The zero-order valence-corrected chi connectivity index (χ0v) is 17.8. The fourth-order valence-electron chi connectivity index (χ4n) is 3.44. The van der Waals surface area contributed by atoms with Crippen molar-refractivity contribution in [2.75, 3.05) is 5.32 Å². The number of nitrogens with zero attached hydrogens (tertiary/aromatic N) is 1. The van der Waals surface area contributed by atoms with Crippen molar-refractivity contribution in [3.05, 3.63) is 101 Å². The van der Waals surface area contributed by atoms with Gasteiger partial charge in [-0.3, -0.25) is 9.59 Å². The molecule has 3 aromatic rings. The summed E-state index contributed by atoms with van der Waals surface area (Å²) in [7, 11) is 0. The Labute approximate surface area is 186 Å². The Bertz CT molecular complexity index is 1110. The molecule has 0 saturated heterocycles. The van der Waals surface area contributed by atoms with Gasteiger partial charge in [0.25, 0.3) is 5.91 Å². The van der Waals surface area contributed by atoms with E-state index in [-0.39, 0.29) is 23.7 Å². The van der Waals surface area contributed by atoms with Gasteiger partial charge in [0, 0.05) is 22.2 Å². The smallest absolute Gasteiger partial charge is 0.255 e. The second-order valence-electron chi connectivity index (χ2n) is 7.57. The first kappa shape index (κ1) is 20.8. The van der Waals surface area contributed by atoms with Crippen LogP contribution in [0.25, 0.3) is 0 Å². The summed E-state index contributed by atoms with van der Waals surface area (Å²) in [6, 6.07) is 24.1. The van der Waals surface area contributed by atoms with Crippen LogP contribution in [0, 0.1) is 5.92 Å². The summed E-state index contributed by atoms with van der Waals surface area (Å²) in [6.07, 6.45) is 0.854. The Kier molecular flexibility index (Phi) is 6.14. The van der Waals surface area contributed by atoms with Gasteiger partial charge in [0.05, 0.1) is 5.71 Å². The molecule has 1 fully saturated rings. The lowest BCUT2D eigenvalue weighted by Crippen LogP contribution is -2.21. The molecule has 2 amide bonds. The van der Waals surface area contributed by atoms with E-state index >= 15 is 0 Å². The summed E-state index contributed by atoms with van der Waals surface area (Å²) in [5, 5.41) is 7.68. The van der Waals surface area contributed by atoms with Gasteiger partial charge in [-0.2, -0.15) is 5.10 Å². The Hall–Kier alpha value is -3.44. The maximum absolute atomic E-state index is 12.4. The van der Waals surface area contributed by atoms with E-state index in [4.69, 9.17) is 11.6 Å². The molecule has 1 saturated carbocycles. The second kappa shape index (κ2) is 9.14. The van der Waals surface area contributed by atoms with Gasteiger partial charge in [0.2, 0.25) is 5.91 Å². The van der Waals surface area contributed by atoms with Crippen LogP contribution in [0.2, 0.25) is 5.02 Å². The minimum Gasteiger partial charge on any atom is -0.322 e. The van der Waals surface area contributed by atoms with E-state index in [1.807, 2.05) is 37.3 Å². The lowest BCUT2D eigenvalue weighted by Gasteiger charge is -2.07. The number of halogens is 1. The van der Waals surface area contributed by atoms with Crippen molar-refractivity contribution in [1.82, 2.24) is 5.43 Å². The lowest BCUT2D eigenvalue weighted by molar-refractivity contribution is -0.122. The standard InChI is InChI=1S/C25H22ClN3O2/c1-16(28-29-25(31)23-15-22(23)18-5-3-2-4-6-18)17-9-13-21(14-10-17)27-24(30)19-7-11-20(26)12-8-19/h2-14,22-23H,15H2,1H3,(H,27,30)(H,29,31)/b28-16+/t22-,23+/m0/s1. The maximum Gasteiger partial charge on any atom is 0.255 e. The van der Waals surface area contributed by atoms with Crippen LogP contribution in [0.4, 0.5) is 5.69 Å². The quantitative estimate of drug-likeness (QED) is 0.414. The lowest BCUT2D eigenvalue weighted by atomic mass is 10.1. The van der Waals surface area contributed by atoms with Crippen LogP contribution in [0.5, 0.6) is 0 Å². The molecule has 6 heteroatoms. The molecule has 3 aromatic carbocycles. The number of benzene rings is 3. The van der Waals surface area contributed by atoms with Gasteiger partial charge in [-0.15, -0.1) is 0 Å². The van der Waals surface area contributed by atoms with Crippen LogP contribution >= 0.6 is 11.6 Å². The van der Waals surface area contributed by atoms with Crippen LogP contribution in [-0.4, -0.2) is 17.5 Å². The Balaban J connectivity index is 1.32. The van der Waals surface area contributed by atoms with Crippen LogP contribution in [0.15, 0.2) is 84.0 Å². The highest BCUT2D eigenvalue weighted by atomic mass is 35.5. The topological polar surface area (TPSA) is 70.6 Å². The largest absolute Gasteiger partial charge is 0.322 e. The first-order valence-electron chi connectivity index (χ1n) is 10.1. The summed E-state index contributed by atoms with van der Waals surface area (Å²) in [4.78, 5) is 24.7. The summed E-state index contributed by atoms with van der Waals surface area (Å²) < 4.78 is 0. The average molecular weight is 432 g/mol. The van der Waals surface area contributed by atoms with Gasteiger partial charge >= 0.3 is 0 Å². The molecule has 1 aliphatic carbocycles. The third kappa shape index (κ3) is 5.19. The predicted molar refractivity (Wildman–Crippen MR) is 123 cm³/mol. The number of nitrogens with one attached hydrogen (secondary N) is 2. The van der Waals surface area contributed by atoms with Crippen molar-refractivity contribution < 1.29 is 9.59 Å². The molecular weight excluding hydrogens is 410 g/mol. The molecule has 0 bridgehead atoms. The first-order chi connectivity index (χ1) is 15.0. The monoisotopic (exact) mass is 431 g/mol. The molecule has 156 valence electrons. The highest BCUT2D eigenvalue weighted by Crippen LogP contribution is 2.47. The van der Waals surface area contributed by atoms with E-state index in [1.165, 1.54) is 5.56 Å². The van der Waals surface area contributed by atoms with Crippen LogP contribution < -0.4 is 10.7 Å². The molecule has 0 aliphatic heterocycles. The fraction of sp³-hybridized carbons (Fsp3) is 0.160. The van der Waals surface area contributed by atoms with Gasteiger partial charge in [0.1, 0.15) is 0 Å². The summed E-state index contributed by atoms with van der Waals surface area (Å²) >= 11 is 5.86. The van der Waals surface area contributed by atoms with E-state index in [2.05, 4.69) is 28.0 Å². The third-order valence-electron chi connectivity index (χ3n) is 5.36. The molecule has 0 spiro atoms. The molecule has 31 heavy (non-hydrogen) atoms. The number of rotatable bonds is 6. The molecule has 1 aliphatic rings. The van der Waals surface area contributed by atoms with Crippen molar-refractivity contribution in [2.45, 2.75) is 19.3 Å². The van der Waals surface area contributed by atoms with Crippen molar-refractivity contribution in [3.63, 3.8) is 0 Å². The Morgan fingerprint density at radius 3 is 2.23 bits per heavy atom. The fourth-order valence-corrected chi connectivity index (χ4v) is 3.57. The van der Waals surface area contributed by atoms with Crippen LogP contribution in [0.3, 0.4) is 0 Å². The molecule has 2 N–H and O–H groups in total. The van der Waals surface area contributed by atoms with Crippen molar-refractivity contribution in [1.29, 1.82) is 0 Å². The van der Waals surface area contributed by atoms with Gasteiger partial charge in [-0.25, -0.2) is 5.43 Å². The van der Waals surface area contributed by atoms with E-state index < -0.39 is 0 Å². The van der Waals surface area contributed by atoms with Crippen molar-refractivity contribution >= 4 is 34.8 Å². The number of carbonyl (C=O) groups excluding carboxylic acids is 2. The highest BCUT2D eigenvalue weighted by molar-refractivity contribution is 6.30. The molecular formula is C25H22ClN3O2. The zero-order chi connectivity index (χ0) is 21.8. The second-order valence-corrected chi connectivity index (χ2v) is 8.01. The van der Waals surface area contributed by atoms with E-state index in [0.717, 1.165) is 12.0 Å². The average Bonchev–Trinajstić information content (AvgIpc) is 3.60. The molecule has 2 atom stereocenters. The SMILES string of the molecule is C/C(=N\NC(=O)[C@@H]1C[C@H]1c1ccccc1)c1ccc(NC(=O)c2ccc(Cl)cc2)cc1. The van der Waals surface area contributed by atoms with Crippen molar-refractivity contribution in [3.8, 4) is 0 Å². The minimum absolute atomic E-state index is 0.0237. The number of anilines is 1. The number of amides is 2. The predicted octanol–water partition coefficient (Wildman–Crippen LogP) is 5.24. The normalized spacial score (nSPS) is 17.7. The van der Waals surface area contributed by atoms with Gasteiger partial charge in [0.15, 0.2) is 0 Å². The van der Waals surface area contributed by atoms with Gasteiger partial charge in [-0.1, -0.05) is 54.1 Å². The molecule has 0 unspecified atom stereocenters. The number of hydrogen-bond acceptors (Lipinski definition) is 3. The first-order valence-corrected chi connectivity index (χ1v) is 10.5. The number of hydrogen-bond donors (Lipinski definition) is 2. The Morgan fingerprint density at radius 2 is 1.55 bits per heavy atom. The molecule has 5 nitrogen and oxygen atoms in total. The molecule has 0 heterocycles. The minimum atomic E-state index is -0.209. The summed E-state index contributed by atoms with van der Waals surface area (Å²) in [5.41, 5.74) is 6.64. The summed E-state index contributed by atoms with van der Waals surface area (Å²) in [6.45, 7) is 1.84. The van der Waals surface area contributed by atoms with Gasteiger partial charge < -0.3 is 5.32 Å². The van der Waals surface area contributed by atoms with Crippen LogP contribution in [0.1, 0.15) is 40.7 Å².